The summed E-state index contributed by atoms with van der Waals surface area (Å²) in [4.78, 5) is 23.5. The van der Waals surface area contributed by atoms with Gasteiger partial charge in [-0.1, -0.05) is 12.1 Å². The zero-order valence-corrected chi connectivity index (χ0v) is 21.2. The van der Waals surface area contributed by atoms with Crippen molar-refractivity contribution in [2.24, 2.45) is 7.05 Å². The minimum atomic E-state index is -4.67. The summed E-state index contributed by atoms with van der Waals surface area (Å²) in [5, 5.41) is 13.6. The second kappa shape index (κ2) is 10.5. The summed E-state index contributed by atoms with van der Waals surface area (Å²) in [6, 6.07) is 7.92. The van der Waals surface area contributed by atoms with Gasteiger partial charge in [-0.25, -0.2) is 23.8 Å². The normalized spacial score (nSPS) is 14.9. The van der Waals surface area contributed by atoms with Crippen molar-refractivity contribution in [2.75, 3.05) is 36.1 Å². The van der Waals surface area contributed by atoms with E-state index in [1.165, 1.54) is 6.33 Å². The van der Waals surface area contributed by atoms with Crippen LogP contribution in [0.3, 0.4) is 0 Å². The Balaban J connectivity index is 1.34. The number of nitrogens with zero attached hydrogens (tertiary/aromatic N) is 5. The molecular weight excluding hydrogens is 516 g/mol. The summed E-state index contributed by atoms with van der Waals surface area (Å²) in [6.07, 6.45) is -1.18. The molecule has 204 valence electrons. The maximum Gasteiger partial charge on any atom is 0.416 e. The molecule has 2 aromatic heterocycles. The van der Waals surface area contributed by atoms with Gasteiger partial charge in [0.2, 0.25) is 0 Å². The first-order chi connectivity index (χ1) is 18.6. The van der Waals surface area contributed by atoms with Gasteiger partial charge < -0.3 is 20.9 Å². The number of nitrogens with one attached hydrogen (secondary N) is 3. The van der Waals surface area contributed by atoms with Gasteiger partial charge in [0.15, 0.2) is 5.65 Å². The molecule has 2 aromatic carbocycles. The molecule has 1 saturated heterocycles. The minimum absolute atomic E-state index is 0.277. The molecule has 0 unspecified atom stereocenters. The van der Waals surface area contributed by atoms with E-state index >= 15 is 0 Å². The number of carbonyl (C=O) groups is 1. The van der Waals surface area contributed by atoms with E-state index in [1.807, 2.05) is 0 Å². The number of anilines is 3. The van der Waals surface area contributed by atoms with E-state index in [-0.39, 0.29) is 6.04 Å². The molecule has 3 N–H and O–H groups in total. The molecule has 3 heterocycles. The lowest BCUT2D eigenvalue weighted by Gasteiger charge is -2.29. The van der Waals surface area contributed by atoms with Gasteiger partial charge in [0.05, 0.1) is 16.6 Å². The third kappa shape index (κ3) is 5.77. The fourth-order valence-electron chi connectivity index (χ4n) is 4.54. The summed E-state index contributed by atoms with van der Waals surface area (Å²) < 4.78 is 54.5. The van der Waals surface area contributed by atoms with Gasteiger partial charge in [0, 0.05) is 24.3 Å². The Labute approximate surface area is 221 Å². The number of likely N-dealkylation sites (tertiary alicyclic amines) is 1. The number of alkyl halides is 3. The Morgan fingerprint density at radius 2 is 1.72 bits per heavy atom. The number of fused-ring (bicyclic) bond motifs is 1. The van der Waals surface area contributed by atoms with Crippen molar-refractivity contribution in [3.05, 3.63) is 60.2 Å². The predicted octanol–water partition coefficient (Wildman–Crippen LogP) is 5.34. The van der Waals surface area contributed by atoms with Crippen molar-refractivity contribution in [3.8, 4) is 11.3 Å². The molecule has 1 aliphatic rings. The zero-order chi connectivity index (χ0) is 27.7. The Morgan fingerprint density at radius 3 is 2.41 bits per heavy atom. The van der Waals surface area contributed by atoms with Crippen LogP contribution in [0, 0.1) is 5.82 Å². The van der Waals surface area contributed by atoms with E-state index in [0.29, 0.717) is 41.0 Å². The number of hydrogen-bond donors (Lipinski definition) is 3. The summed E-state index contributed by atoms with van der Waals surface area (Å²) >= 11 is 0. The number of aryl methyl sites for hydroxylation is 1. The number of amides is 2. The lowest BCUT2D eigenvalue weighted by molar-refractivity contribution is -0.137. The largest absolute Gasteiger partial charge is 0.416 e. The summed E-state index contributed by atoms with van der Waals surface area (Å²) in [5.74, 6) is -0.287. The van der Waals surface area contributed by atoms with Crippen molar-refractivity contribution < 1.29 is 22.4 Å². The first-order valence-corrected chi connectivity index (χ1v) is 12.3. The monoisotopic (exact) mass is 542 g/mol. The molecule has 5 rings (SSSR count). The van der Waals surface area contributed by atoms with Gasteiger partial charge in [-0.15, -0.1) is 0 Å². The van der Waals surface area contributed by atoms with Gasteiger partial charge in [-0.2, -0.15) is 18.3 Å². The van der Waals surface area contributed by atoms with Gasteiger partial charge in [0.1, 0.15) is 23.7 Å². The van der Waals surface area contributed by atoms with Crippen LogP contribution < -0.4 is 16.0 Å². The standard InChI is InChI=1S/C26H26F4N8O/c1-37-11-9-18(10-12-37)33-23-21-22(36-38(2)24(21)32-14-31-23)15-3-6-17(7-4-15)34-25(39)35-20-13-16(26(28,29)30)5-8-19(20)27/h3-8,13-14,18H,9-12H2,1-2H3,(H,31,32,33)(H2,34,35,39). The van der Waals surface area contributed by atoms with Crippen LogP contribution in [0.4, 0.5) is 39.5 Å². The topological polar surface area (TPSA) is 100 Å². The Morgan fingerprint density at radius 1 is 1.00 bits per heavy atom. The quantitative estimate of drug-likeness (QED) is 0.295. The molecule has 1 fully saturated rings. The Hall–Kier alpha value is -4.26. The van der Waals surface area contributed by atoms with Crippen molar-refractivity contribution in [3.63, 3.8) is 0 Å². The van der Waals surface area contributed by atoms with Gasteiger partial charge >= 0.3 is 12.2 Å². The average molecular weight is 543 g/mol. The van der Waals surface area contributed by atoms with Crippen LogP contribution in [0.15, 0.2) is 48.8 Å². The second-order valence-electron chi connectivity index (χ2n) is 9.46. The number of aromatic nitrogens is 4. The number of urea groups is 1. The van der Waals surface area contributed by atoms with E-state index in [0.717, 1.165) is 36.9 Å². The molecule has 0 atom stereocenters. The number of piperidine rings is 1. The number of benzene rings is 2. The lowest BCUT2D eigenvalue weighted by Crippen LogP contribution is -2.36. The Bertz CT molecular complexity index is 1490. The predicted molar refractivity (Wildman–Crippen MR) is 140 cm³/mol. The lowest BCUT2D eigenvalue weighted by atomic mass is 10.0. The molecule has 0 bridgehead atoms. The first kappa shape index (κ1) is 26.4. The fraction of sp³-hybridized carbons (Fsp3) is 0.308. The Kier molecular flexibility index (Phi) is 7.08. The molecule has 0 aliphatic carbocycles. The average Bonchev–Trinajstić information content (AvgIpc) is 3.24. The smallest absolute Gasteiger partial charge is 0.367 e. The highest BCUT2D eigenvalue weighted by Crippen LogP contribution is 2.33. The van der Waals surface area contributed by atoms with Gasteiger partial charge in [0.25, 0.3) is 0 Å². The van der Waals surface area contributed by atoms with E-state index in [1.54, 1.807) is 36.0 Å². The third-order valence-corrected chi connectivity index (χ3v) is 6.64. The molecule has 0 radical (unpaired) electrons. The summed E-state index contributed by atoms with van der Waals surface area (Å²) in [7, 11) is 3.90. The molecule has 1 aliphatic heterocycles. The highest BCUT2D eigenvalue weighted by molar-refractivity contribution is 6.01. The number of carbonyl (C=O) groups excluding carboxylic acids is 1. The highest BCUT2D eigenvalue weighted by atomic mass is 19.4. The van der Waals surface area contributed by atoms with Crippen LogP contribution in [0.25, 0.3) is 22.3 Å². The highest BCUT2D eigenvalue weighted by Gasteiger charge is 2.31. The molecular formula is C26H26F4N8O. The maximum atomic E-state index is 14.0. The van der Waals surface area contributed by atoms with Crippen molar-refractivity contribution in [1.82, 2.24) is 24.6 Å². The molecule has 13 heteroatoms. The minimum Gasteiger partial charge on any atom is -0.367 e. The number of hydrogen-bond acceptors (Lipinski definition) is 6. The van der Waals surface area contributed by atoms with Crippen LogP contribution in [-0.2, 0) is 13.2 Å². The van der Waals surface area contributed by atoms with Crippen molar-refractivity contribution in [1.29, 1.82) is 0 Å². The van der Waals surface area contributed by atoms with Crippen LogP contribution in [0.5, 0.6) is 0 Å². The molecule has 0 spiro atoms. The van der Waals surface area contributed by atoms with Crippen LogP contribution in [-0.4, -0.2) is 56.9 Å². The SMILES string of the molecule is CN1CCC(Nc2ncnc3c2c(-c2ccc(NC(=O)Nc4cc(C(F)(F)F)ccc4F)cc2)nn3C)CC1. The van der Waals surface area contributed by atoms with E-state index < -0.39 is 29.3 Å². The molecule has 39 heavy (non-hydrogen) atoms. The zero-order valence-electron chi connectivity index (χ0n) is 21.2. The third-order valence-electron chi connectivity index (χ3n) is 6.64. The number of halogens is 4. The summed E-state index contributed by atoms with van der Waals surface area (Å²) in [6.45, 7) is 1.99. The number of rotatable bonds is 5. The fourth-order valence-corrected chi connectivity index (χ4v) is 4.54. The van der Waals surface area contributed by atoms with E-state index in [2.05, 4.69) is 43.0 Å². The van der Waals surface area contributed by atoms with E-state index in [4.69, 9.17) is 0 Å². The molecule has 2 amide bonds. The molecule has 4 aromatic rings. The first-order valence-electron chi connectivity index (χ1n) is 12.3. The van der Waals surface area contributed by atoms with Crippen LogP contribution in [0.1, 0.15) is 18.4 Å². The van der Waals surface area contributed by atoms with Crippen LogP contribution in [0.2, 0.25) is 0 Å². The maximum absolute atomic E-state index is 14.0. The van der Waals surface area contributed by atoms with E-state index in [9.17, 15) is 22.4 Å². The van der Waals surface area contributed by atoms with Crippen molar-refractivity contribution in [2.45, 2.75) is 25.1 Å². The van der Waals surface area contributed by atoms with Crippen molar-refractivity contribution >= 4 is 34.3 Å². The van der Waals surface area contributed by atoms with Crippen LogP contribution >= 0.6 is 0 Å². The molecule has 0 saturated carbocycles. The second-order valence-corrected chi connectivity index (χ2v) is 9.46. The van der Waals surface area contributed by atoms with Gasteiger partial charge in [-0.05, 0) is 63.3 Å². The van der Waals surface area contributed by atoms with Gasteiger partial charge in [-0.3, -0.25) is 0 Å². The summed E-state index contributed by atoms with van der Waals surface area (Å²) in [5.41, 5.74) is 0.774. The molecule has 9 nitrogen and oxygen atoms in total.